The molecule has 0 saturated heterocycles. The second-order valence-corrected chi connectivity index (χ2v) is 19.6. The van der Waals surface area contributed by atoms with Crippen molar-refractivity contribution in [3.05, 3.63) is 277 Å². The van der Waals surface area contributed by atoms with Crippen molar-refractivity contribution in [2.45, 2.75) is 5.41 Å². The number of nitrogens with zero attached hydrogens (tertiary/aromatic N) is 2. The summed E-state index contributed by atoms with van der Waals surface area (Å²) in [5, 5.41) is 9.23. The fourth-order valence-corrected chi connectivity index (χ4v) is 12.6. The van der Waals surface area contributed by atoms with Gasteiger partial charge >= 0.3 is 0 Å². The quantitative estimate of drug-likeness (QED) is 0.166. The highest BCUT2D eigenvalue weighted by Gasteiger charge is 2.52. The van der Waals surface area contributed by atoms with Crippen molar-refractivity contribution in [2.75, 3.05) is 9.80 Å². The van der Waals surface area contributed by atoms with Gasteiger partial charge in [-0.15, -0.1) is 0 Å². The van der Waals surface area contributed by atoms with E-state index in [9.17, 15) is 0 Å². The normalized spacial score (nSPS) is 13.0. The van der Waals surface area contributed by atoms with E-state index >= 15 is 0 Å². The molecule has 0 radical (unpaired) electrons. The molecule has 4 heteroatoms. The minimum Gasteiger partial charge on any atom is -0.456 e. The summed E-state index contributed by atoms with van der Waals surface area (Å²) in [7, 11) is 0. The van der Waals surface area contributed by atoms with E-state index < -0.39 is 5.41 Å². The van der Waals surface area contributed by atoms with Crippen molar-refractivity contribution in [2.24, 2.45) is 0 Å². The molecule has 73 heavy (non-hydrogen) atoms. The first-order chi connectivity index (χ1) is 36.2. The van der Waals surface area contributed by atoms with Gasteiger partial charge in [0.1, 0.15) is 22.3 Å². The third-order valence-corrected chi connectivity index (χ3v) is 15.8. The second-order valence-electron chi connectivity index (χ2n) is 19.6. The lowest BCUT2D eigenvalue weighted by Gasteiger charge is -2.31. The van der Waals surface area contributed by atoms with Gasteiger partial charge in [-0.05, 0) is 175 Å². The van der Waals surface area contributed by atoms with Gasteiger partial charge in [0.2, 0.25) is 0 Å². The number of fused-ring (bicyclic) bond motifs is 18. The predicted molar refractivity (Wildman–Crippen MR) is 302 cm³/mol. The van der Waals surface area contributed by atoms with Gasteiger partial charge in [-0.2, -0.15) is 0 Å². The molecule has 2 aromatic heterocycles. The van der Waals surface area contributed by atoms with Gasteiger partial charge < -0.3 is 18.6 Å². The third kappa shape index (κ3) is 5.77. The number of benzene rings is 12. The van der Waals surface area contributed by atoms with Crippen LogP contribution in [0.15, 0.2) is 264 Å². The van der Waals surface area contributed by atoms with Crippen molar-refractivity contribution >= 4 is 99.5 Å². The number of hydrogen-bond acceptors (Lipinski definition) is 4. The van der Waals surface area contributed by atoms with Crippen LogP contribution in [-0.4, -0.2) is 0 Å². The SMILES string of the molecule is c1ccc(N(c2ccc3cc4c(cc3c2)C2(c3ccccc3-c3ccccc32)c2cc3cc(N(c5ccccc5)c5ccc6c(c5)oc5ccccc56)ccc3cc2-4)c2ccc3c(c2)oc2ccccc23)cc1. The van der Waals surface area contributed by atoms with E-state index in [1.165, 1.54) is 66.1 Å². The maximum atomic E-state index is 6.46. The number of anilines is 6. The highest BCUT2D eigenvalue weighted by molar-refractivity contribution is 6.09. The van der Waals surface area contributed by atoms with Crippen LogP contribution < -0.4 is 9.80 Å². The van der Waals surface area contributed by atoms with E-state index in [4.69, 9.17) is 8.83 Å². The van der Waals surface area contributed by atoms with Gasteiger partial charge in [0.25, 0.3) is 0 Å². The Hall–Kier alpha value is -9.64. The molecule has 0 fully saturated rings. The van der Waals surface area contributed by atoms with Gasteiger partial charge in [-0.25, -0.2) is 0 Å². The second kappa shape index (κ2) is 15.2. The molecular formula is C69H42N2O2. The van der Waals surface area contributed by atoms with Gasteiger partial charge in [-0.1, -0.05) is 133 Å². The molecular weight excluding hydrogens is 889 g/mol. The average molecular weight is 931 g/mol. The van der Waals surface area contributed by atoms with Crippen molar-refractivity contribution in [1.29, 1.82) is 0 Å². The topological polar surface area (TPSA) is 32.8 Å². The minimum atomic E-state index is -0.552. The summed E-state index contributed by atoms with van der Waals surface area (Å²) in [6.45, 7) is 0. The summed E-state index contributed by atoms with van der Waals surface area (Å²) < 4.78 is 12.9. The highest BCUT2D eigenvalue weighted by atomic mass is 16.3. The minimum absolute atomic E-state index is 0.552. The van der Waals surface area contributed by atoms with Crippen LogP contribution in [0.2, 0.25) is 0 Å². The summed E-state index contributed by atoms with van der Waals surface area (Å²) >= 11 is 0. The molecule has 0 N–H and O–H groups in total. The molecule has 16 rings (SSSR count). The van der Waals surface area contributed by atoms with Crippen LogP contribution in [0.1, 0.15) is 22.3 Å². The molecule has 2 aliphatic rings. The molecule has 0 atom stereocenters. The average Bonchev–Trinajstić information content (AvgIpc) is 4.26. The first-order valence-corrected chi connectivity index (χ1v) is 25.1. The maximum absolute atomic E-state index is 6.46. The monoisotopic (exact) mass is 930 g/mol. The zero-order chi connectivity index (χ0) is 47.8. The Balaban J connectivity index is 0.896. The third-order valence-electron chi connectivity index (χ3n) is 15.8. The summed E-state index contributed by atoms with van der Waals surface area (Å²) in [5.74, 6) is 0. The number of hydrogen-bond donors (Lipinski definition) is 0. The molecule has 0 bridgehead atoms. The highest BCUT2D eigenvalue weighted by Crippen LogP contribution is 2.64. The summed E-state index contributed by atoms with van der Waals surface area (Å²) in [5.41, 5.74) is 19.7. The Kier molecular flexibility index (Phi) is 8.35. The van der Waals surface area contributed by atoms with Crippen LogP contribution in [0.4, 0.5) is 34.1 Å². The van der Waals surface area contributed by atoms with Gasteiger partial charge in [0, 0.05) is 67.8 Å². The van der Waals surface area contributed by atoms with Crippen LogP contribution >= 0.6 is 0 Å². The van der Waals surface area contributed by atoms with Crippen LogP contribution in [0.3, 0.4) is 0 Å². The Morgan fingerprint density at radius 3 is 1.10 bits per heavy atom. The van der Waals surface area contributed by atoms with E-state index in [0.29, 0.717) is 0 Å². The lowest BCUT2D eigenvalue weighted by Crippen LogP contribution is -2.25. The fourth-order valence-electron chi connectivity index (χ4n) is 12.6. The first-order valence-electron chi connectivity index (χ1n) is 25.1. The van der Waals surface area contributed by atoms with E-state index in [2.05, 4.69) is 240 Å². The van der Waals surface area contributed by atoms with Crippen LogP contribution in [0, 0.1) is 0 Å². The zero-order valence-corrected chi connectivity index (χ0v) is 39.5. The Labute approximate surface area is 420 Å². The standard InChI is InChI=1S/C69H42N2O2/c1-3-15-47(16-4-1)70(51-31-33-57-55-21-9-13-25-65(55)72-67(57)41-51)49-29-27-43-37-59-60-38-44-28-30-50(71(48-17-5-2-6-18-48)52-32-34-58-56-22-10-14-26-66(56)73-68(58)42-52)36-46(44)40-64(60)69(63(59)39-45(43)35-49)61-23-11-7-19-53(61)54-20-8-12-24-62(54)69/h1-42H. The molecule has 0 aliphatic heterocycles. The van der Waals surface area contributed by atoms with Crippen molar-refractivity contribution in [3.63, 3.8) is 0 Å². The van der Waals surface area contributed by atoms with Crippen molar-refractivity contribution < 1.29 is 8.83 Å². The predicted octanol–water partition coefficient (Wildman–Crippen LogP) is 19.1. The maximum Gasteiger partial charge on any atom is 0.137 e. The lowest BCUT2D eigenvalue weighted by molar-refractivity contribution is 0.668. The smallest absolute Gasteiger partial charge is 0.137 e. The Bertz CT molecular complexity index is 4290. The van der Waals surface area contributed by atoms with Crippen molar-refractivity contribution in [3.8, 4) is 22.3 Å². The van der Waals surface area contributed by atoms with Crippen LogP contribution in [0.5, 0.6) is 0 Å². The van der Waals surface area contributed by atoms with E-state index in [1.807, 2.05) is 24.3 Å². The molecule has 1 spiro atoms. The summed E-state index contributed by atoms with van der Waals surface area (Å²) in [6.07, 6.45) is 0. The van der Waals surface area contributed by atoms with E-state index in [0.717, 1.165) is 78.0 Å². The molecule has 0 saturated carbocycles. The molecule has 12 aromatic carbocycles. The molecule has 0 amide bonds. The lowest BCUT2D eigenvalue weighted by atomic mass is 9.70. The number of para-hydroxylation sites is 4. The van der Waals surface area contributed by atoms with Crippen molar-refractivity contribution in [1.82, 2.24) is 0 Å². The Morgan fingerprint density at radius 2 is 0.616 bits per heavy atom. The molecule has 340 valence electrons. The molecule has 0 unspecified atom stereocenters. The molecule has 2 heterocycles. The molecule has 2 aliphatic carbocycles. The number of furan rings is 2. The zero-order valence-electron chi connectivity index (χ0n) is 39.5. The van der Waals surface area contributed by atoms with Crippen LogP contribution in [-0.2, 0) is 5.41 Å². The molecule has 4 nitrogen and oxygen atoms in total. The summed E-state index contributed by atoms with van der Waals surface area (Å²) in [6, 6.07) is 93.0. The summed E-state index contributed by atoms with van der Waals surface area (Å²) in [4.78, 5) is 4.70. The number of rotatable bonds is 6. The first kappa shape index (κ1) is 40.1. The largest absolute Gasteiger partial charge is 0.456 e. The van der Waals surface area contributed by atoms with E-state index in [-0.39, 0.29) is 0 Å². The van der Waals surface area contributed by atoms with E-state index in [1.54, 1.807) is 0 Å². The van der Waals surface area contributed by atoms with Gasteiger partial charge in [-0.3, -0.25) is 0 Å². The molecule has 14 aromatic rings. The van der Waals surface area contributed by atoms with Crippen LogP contribution in [0.25, 0.3) is 87.7 Å². The Morgan fingerprint density at radius 1 is 0.233 bits per heavy atom. The van der Waals surface area contributed by atoms with Gasteiger partial charge in [0.15, 0.2) is 0 Å². The fraction of sp³-hybridized carbons (Fsp3) is 0.0145. The van der Waals surface area contributed by atoms with Gasteiger partial charge in [0.05, 0.1) is 5.41 Å².